The molecule has 1 amide bonds. The Kier molecular flexibility index (Phi) is 5.04. The van der Waals surface area contributed by atoms with E-state index in [1.54, 1.807) is 13.0 Å². The molecule has 0 atom stereocenters. The lowest BCUT2D eigenvalue weighted by Gasteiger charge is -2.22. The van der Waals surface area contributed by atoms with Gasteiger partial charge in [0.05, 0.1) is 21.5 Å². The summed E-state index contributed by atoms with van der Waals surface area (Å²) in [6.07, 6.45) is 0. The van der Waals surface area contributed by atoms with Crippen molar-refractivity contribution in [1.29, 1.82) is 0 Å². The maximum atomic E-state index is 13.2. The zero-order valence-electron chi connectivity index (χ0n) is 15.3. The number of nitro groups is 2. The molecule has 0 unspecified atom stereocenters. The van der Waals surface area contributed by atoms with Gasteiger partial charge in [-0.3, -0.25) is 25.0 Å². The summed E-state index contributed by atoms with van der Waals surface area (Å²) >= 11 is 0. The normalized spacial score (nSPS) is 10.6. The number of nitro benzene ring substituents is 2. The minimum absolute atomic E-state index is 0.0593. The van der Waals surface area contributed by atoms with Gasteiger partial charge in [0.1, 0.15) is 0 Å². The molecule has 0 aliphatic heterocycles. The lowest BCUT2D eigenvalue weighted by atomic mass is 10.0. The minimum atomic E-state index is -0.741. The predicted octanol–water partition coefficient (Wildman–Crippen LogP) is 4.63. The molecule has 0 bridgehead atoms. The van der Waals surface area contributed by atoms with Gasteiger partial charge in [0.15, 0.2) is 0 Å². The quantitative estimate of drug-likeness (QED) is 0.474. The second-order valence-electron chi connectivity index (χ2n) is 6.23. The molecule has 0 aromatic heterocycles. The van der Waals surface area contributed by atoms with E-state index in [1.807, 2.05) is 36.4 Å². The van der Waals surface area contributed by atoms with E-state index < -0.39 is 27.1 Å². The molecule has 0 radical (unpaired) electrons. The number of fused-ring (bicyclic) bond motifs is 1. The minimum Gasteiger partial charge on any atom is -0.309 e. The van der Waals surface area contributed by atoms with Crippen molar-refractivity contribution < 1.29 is 14.6 Å². The molecule has 0 saturated heterocycles. The van der Waals surface area contributed by atoms with E-state index in [0.29, 0.717) is 12.2 Å². The Morgan fingerprint density at radius 1 is 0.964 bits per heavy atom. The molecule has 0 saturated carbocycles. The third kappa shape index (κ3) is 3.39. The number of anilines is 1. The number of carbonyl (C=O) groups excluding carboxylic acids is 1. The van der Waals surface area contributed by atoms with Crippen molar-refractivity contribution >= 4 is 33.7 Å². The van der Waals surface area contributed by atoms with Gasteiger partial charge in [-0.1, -0.05) is 30.3 Å². The Morgan fingerprint density at radius 2 is 1.64 bits per heavy atom. The molecule has 0 heterocycles. The molecule has 0 spiro atoms. The van der Waals surface area contributed by atoms with Crippen LogP contribution in [0.1, 0.15) is 22.8 Å². The van der Waals surface area contributed by atoms with Gasteiger partial charge in [-0.05, 0) is 36.8 Å². The summed E-state index contributed by atoms with van der Waals surface area (Å²) in [5.41, 5.74) is -0.294. The molecule has 3 aromatic carbocycles. The van der Waals surface area contributed by atoms with Crippen LogP contribution in [0.3, 0.4) is 0 Å². The van der Waals surface area contributed by atoms with Gasteiger partial charge in [0, 0.05) is 23.9 Å². The van der Waals surface area contributed by atoms with E-state index in [1.165, 1.54) is 11.8 Å². The van der Waals surface area contributed by atoms with Crippen LogP contribution < -0.4 is 4.90 Å². The number of nitrogens with zero attached hydrogens (tertiary/aromatic N) is 3. The summed E-state index contributed by atoms with van der Waals surface area (Å²) in [7, 11) is 0. The van der Waals surface area contributed by atoms with Crippen molar-refractivity contribution in [3.05, 3.63) is 86.0 Å². The molecule has 0 fully saturated rings. The van der Waals surface area contributed by atoms with Crippen molar-refractivity contribution in [3.8, 4) is 0 Å². The van der Waals surface area contributed by atoms with Crippen LogP contribution in [-0.2, 0) is 0 Å². The van der Waals surface area contributed by atoms with E-state index in [4.69, 9.17) is 0 Å². The number of rotatable bonds is 5. The fourth-order valence-corrected chi connectivity index (χ4v) is 3.13. The fraction of sp³-hybridized carbons (Fsp3) is 0.150. The van der Waals surface area contributed by atoms with Crippen LogP contribution in [0.15, 0.2) is 54.6 Å². The lowest BCUT2D eigenvalue weighted by Crippen LogP contribution is -2.31. The molecule has 142 valence electrons. The topological polar surface area (TPSA) is 107 Å². The number of non-ortho nitro benzene ring substituents is 1. The Labute approximate surface area is 160 Å². The van der Waals surface area contributed by atoms with Gasteiger partial charge in [0.2, 0.25) is 0 Å². The fourth-order valence-electron chi connectivity index (χ4n) is 3.13. The van der Waals surface area contributed by atoms with E-state index >= 15 is 0 Å². The molecule has 3 rings (SSSR count). The van der Waals surface area contributed by atoms with Crippen LogP contribution in [0.5, 0.6) is 0 Å². The van der Waals surface area contributed by atoms with Crippen LogP contribution in [0.25, 0.3) is 10.8 Å². The summed E-state index contributed by atoms with van der Waals surface area (Å²) in [4.78, 5) is 35.6. The third-order valence-electron chi connectivity index (χ3n) is 4.61. The van der Waals surface area contributed by atoms with Gasteiger partial charge >= 0.3 is 0 Å². The Bertz CT molecular complexity index is 1110. The van der Waals surface area contributed by atoms with Crippen LogP contribution >= 0.6 is 0 Å². The Hall–Kier alpha value is -3.81. The first-order valence-electron chi connectivity index (χ1n) is 8.57. The van der Waals surface area contributed by atoms with Crippen LogP contribution in [0.4, 0.5) is 17.1 Å². The van der Waals surface area contributed by atoms with Crippen molar-refractivity contribution in [2.24, 2.45) is 0 Å². The van der Waals surface area contributed by atoms with Crippen molar-refractivity contribution in [1.82, 2.24) is 0 Å². The molecule has 3 aromatic rings. The van der Waals surface area contributed by atoms with Gasteiger partial charge in [-0.2, -0.15) is 0 Å². The summed E-state index contributed by atoms with van der Waals surface area (Å²) in [5, 5.41) is 24.4. The highest BCUT2D eigenvalue weighted by molar-refractivity contribution is 6.08. The molecule has 8 nitrogen and oxygen atoms in total. The lowest BCUT2D eigenvalue weighted by molar-refractivity contribution is -0.394. The molecule has 28 heavy (non-hydrogen) atoms. The average Bonchev–Trinajstić information content (AvgIpc) is 2.68. The standard InChI is InChI=1S/C20H17N3O5/c1-3-21(16-9-8-14-6-4-5-7-15(14)10-16)20(24)18-11-17(22(25)26)12-19(13(18)2)23(27)28/h4-12H,3H2,1-2H3. The highest BCUT2D eigenvalue weighted by Gasteiger charge is 2.27. The van der Waals surface area contributed by atoms with Crippen molar-refractivity contribution in [3.63, 3.8) is 0 Å². The molecular formula is C20H17N3O5. The third-order valence-corrected chi connectivity index (χ3v) is 4.61. The maximum absolute atomic E-state index is 13.2. The molecular weight excluding hydrogens is 362 g/mol. The predicted molar refractivity (Wildman–Crippen MR) is 106 cm³/mol. The Balaban J connectivity index is 2.12. The largest absolute Gasteiger partial charge is 0.309 e. The monoisotopic (exact) mass is 379 g/mol. The number of carbonyl (C=O) groups is 1. The zero-order valence-corrected chi connectivity index (χ0v) is 15.3. The summed E-state index contributed by atoms with van der Waals surface area (Å²) in [6.45, 7) is 3.49. The summed E-state index contributed by atoms with van der Waals surface area (Å²) < 4.78 is 0. The van der Waals surface area contributed by atoms with E-state index in [9.17, 15) is 25.0 Å². The molecule has 8 heteroatoms. The van der Waals surface area contributed by atoms with Crippen LogP contribution in [0, 0.1) is 27.2 Å². The SMILES string of the molecule is CCN(C(=O)c1cc([N+](=O)[O-])cc([N+](=O)[O-])c1C)c1ccc2ccccc2c1. The second-order valence-corrected chi connectivity index (χ2v) is 6.23. The van der Waals surface area contributed by atoms with Crippen LogP contribution in [-0.4, -0.2) is 22.3 Å². The summed E-state index contributed by atoms with van der Waals surface area (Å²) in [6, 6.07) is 15.1. The van der Waals surface area contributed by atoms with E-state index in [0.717, 1.165) is 22.9 Å². The maximum Gasteiger partial charge on any atom is 0.279 e. The second kappa shape index (κ2) is 7.43. The number of hydrogen-bond donors (Lipinski definition) is 0. The Morgan fingerprint density at radius 3 is 2.25 bits per heavy atom. The van der Waals surface area contributed by atoms with E-state index in [-0.39, 0.29) is 11.1 Å². The molecule has 0 N–H and O–H groups in total. The van der Waals surface area contributed by atoms with Gasteiger partial charge in [-0.15, -0.1) is 0 Å². The first-order valence-corrected chi connectivity index (χ1v) is 8.57. The first kappa shape index (κ1) is 19.0. The highest BCUT2D eigenvalue weighted by Crippen LogP contribution is 2.30. The van der Waals surface area contributed by atoms with Crippen molar-refractivity contribution in [2.75, 3.05) is 11.4 Å². The number of benzene rings is 3. The number of amides is 1. The van der Waals surface area contributed by atoms with Crippen LogP contribution in [0.2, 0.25) is 0 Å². The van der Waals surface area contributed by atoms with Crippen molar-refractivity contribution in [2.45, 2.75) is 13.8 Å². The highest BCUT2D eigenvalue weighted by atomic mass is 16.6. The zero-order chi connectivity index (χ0) is 20.4. The van der Waals surface area contributed by atoms with E-state index in [2.05, 4.69) is 0 Å². The molecule has 0 aliphatic carbocycles. The molecule has 0 aliphatic rings. The smallest absolute Gasteiger partial charge is 0.279 e. The number of hydrogen-bond acceptors (Lipinski definition) is 5. The first-order chi connectivity index (χ1) is 13.3. The van der Waals surface area contributed by atoms with Gasteiger partial charge < -0.3 is 4.90 Å². The average molecular weight is 379 g/mol. The summed E-state index contributed by atoms with van der Waals surface area (Å²) in [5.74, 6) is -0.526. The van der Waals surface area contributed by atoms with Gasteiger partial charge in [-0.25, -0.2) is 0 Å². The van der Waals surface area contributed by atoms with Gasteiger partial charge in [0.25, 0.3) is 17.3 Å².